The number of nitrogens with zero attached hydrogens (tertiary/aromatic N) is 1. The Bertz CT molecular complexity index is 455. The zero-order valence-electron chi connectivity index (χ0n) is 9.97. The third-order valence-electron chi connectivity index (χ3n) is 2.33. The van der Waals surface area contributed by atoms with E-state index < -0.39 is 12.5 Å². The van der Waals surface area contributed by atoms with Crippen LogP contribution < -0.4 is 15.2 Å². The van der Waals surface area contributed by atoms with Crippen molar-refractivity contribution in [2.75, 3.05) is 18.7 Å². The molecule has 1 aromatic carbocycles. The number of carbonyl (C=O) groups excluding carboxylic acids is 1. The van der Waals surface area contributed by atoms with Gasteiger partial charge in [-0.15, -0.1) is 0 Å². The van der Waals surface area contributed by atoms with E-state index in [0.29, 0.717) is 23.1 Å². The molecule has 1 aliphatic heterocycles. The summed E-state index contributed by atoms with van der Waals surface area (Å²) in [4.78, 5) is 11.7. The number of methoxy groups -OCH3 is 1. The molecule has 0 bridgehead atoms. The smallest absolute Gasteiger partial charge is 0.432 e. The maximum atomic E-state index is 11.7. The van der Waals surface area contributed by atoms with Crippen LogP contribution in [0.3, 0.4) is 0 Å². The molecule has 1 N–H and O–H groups in total. The van der Waals surface area contributed by atoms with Crippen LogP contribution in [-0.2, 0) is 9.47 Å². The van der Waals surface area contributed by atoms with Crippen LogP contribution in [0.1, 0.15) is 6.92 Å². The fourth-order valence-corrected chi connectivity index (χ4v) is 1.84. The average molecular weight is 273 g/mol. The average Bonchev–Trinajstić information content (AvgIpc) is 2.70. The lowest BCUT2D eigenvalue weighted by Gasteiger charge is -2.17. The number of nitrogens with one attached hydrogen (secondary N) is 1. The van der Waals surface area contributed by atoms with Gasteiger partial charge < -0.3 is 14.2 Å². The van der Waals surface area contributed by atoms with Gasteiger partial charge in [-0.1, -0.05) is 17.7 Å². The van der Waals surface area contributed by atoms with Crippen molar-refractivity contribution < 1.29 is 19.0 Å². The first-order valence-corrected chi connectivity index (χ1v) is 5.76. The molecule has 18 heavy (non-hydrogen) atoms. The molecule has 7 heteroatoms. The molecule has 1 atom stereocenters. The van der Waals surface area contributed by atoms with Crippen LogP contribution in [0.4, 0.5) is 10.5 Å². The molecular formula is C11H13ClN2O4. The first-order valence-electron chi connectivity index (χ1n) is 5.38. The van der Waals surface area contributed by atoms with Crippen molar-refractivity contribution in [1.82, 2.24) is 5.43 Å². The van der Waals surface area contributed by atoms with Crippen molar-refractivity contribution in [2.24, 2.45) is 0 Å². The number of halogens is 1. The Balaban J connectivity index is 2.27. The summed E-state index contributed by atoms with van der Waals surface area (Å²) in [5.41, 5.74) is 3.23. The lowest BCUT2D eigenvalue weighted by atomic mass is 10.3. The second-order valence-electron chi connectivity index (χ2n) is 3.43. The van der Waals surface area contributed by atoms with Crippen LogP contribution >= 0.6 is 11.6 Å². The largest absolute Gasteiger partial charge is 0.493 e. The van der Waals surface area contributed by atoms with Crippen molar-refractivity contribution in [3.05, 3.63) is 23.2 Å². The van der Waals surface area contributed by atoms with E-state index in [-0.39, 0.29) is 0 Å². The second kappa shape index (κ2) is 5.43. The van der Waals surface area contributed by atoms with E-state index >= 15 is 0 Å². The SMILES string of the molecule is CCOC1NN(c2cccc(Cl)c2OC)C(=O)O1. The molecule has 0 radical (unpaired) electrons. The Labute approximate surface area is 109 Å². The summed E-state index contributed by atoms with van der Waals surface area (Å²) in [7, 11) is 1.48. The maximum Gasteiger partial charge on any atom is 0.432 e. The molecule has 0 spiro atoms. The summed E-state index contributed by atoms with van der Waals surface area (Å²) in [6.45, 7) is 2.23. The molecule has 98 valence electrons. The van der Waals surface area contributed by atoms with Crippen molar-refractivity contribution in [3.63, 3.8) is 0 Å². The highest BCUT2D eigenvalue weighted by atomic mass is 35.5. The monoisotopic (exact) mass is 272 g/mol. The Morgan fingerprint density at radius 1 is 1.56 bits per heavy atom. The van der Waals surface area contributed by atoms with Crippen LogP contribution in [0.15, 0.2) is 18.2 Å². The molecular weight excluding hydrogens is 260 g/mol. The van der Waals surface area contributed by atoms with E-state index in [0.717, 1.165) is 0 Å². The number of para-hydroxylation sites is 1. The molecule has 6 nitrogen and oxygen atoms in total. The second-order valence-corrected chi connectivity index (χ2v) is 3.83. The predicted octanol–water partition coefficient (Wildman–Crippen LogP) is 2.13. The van der Waals surface area contributed by atoms with Gasteiger partial charge in [0, 0.05) is 6.61 Å². The number of rotatable bonds is 4. The van der Waals surface area contributed by atoms with Gasteiger partial charge in [-0.25, -0.2) is 9.80 Å². The Hall–Kier alpha value is -1.50. The van der Waals surface area contributed by atoms with Crippen molar-refractivity contribution in [1.29, 1.82) is 0 Å². The normalized spacial score (nSPS) is 18.9. The van der Waals surface area contributed by atoms with Gasteiger partial charge in [-0.2, -0.15) is 5.43 Å². The van der Waals surface area contributed by atoms with Crippen molar-refractivity contribution in [3.8, 4) is 5.75 Å². The minimum atomic E-state index is -0.800. The van der Waals surface area contributed by atoms with Crippen molar-refractivity contribution in [2.45, 2.75) is 13.3 Å². The summed E-state index contributed by atoms with van der Waals surface area (Å²) in [5, 5.41) is 1.61. The number of cyclic esters (lactones) is 1. The lowest BCUT2D eigenvalue weighted by molar-refractivity contribution is -0.0924. The quantitative estimate of drug-likeness (QED) is 0.910. The van der Waals surface area contributed by atoms with Gasteiger partial charge in [0.2, 0.25) is 0 Å². The van der Waals surface area contributed by atoms with E-state index in [1.54, 1.807) is 25.1 Å². The Morgan fingerprint density at radius 2 is 2.33 bits per heavy atom. The number of benzene rings is 1. The minimum absolute atomic E-state index is 0.390. The zero-order valence-corrected chi connectivity index (χ0v) is 10.7. The topological polar surface area (TPSA) is 60.0 Å². The van der Waals surface area contributed by atoms with E-state index in [1.807, 2.05) is 0 Å². The van der Waals surface area contributed by atoms with Gasteiger partial charge in [-0.3, -0.25) is 0 Å². The van der Waals surface area contributed by atoms with Crippen LogP contribution in [0.2, 0.25) is 5.02 Å². The lowest BCUT2D eigenvalue weighted by Crippen LogP contribution is -2.38. The fraction of sp³-hybridized carbons (Fsp3) is 0.364. The number of carbonyl (C=O) groups is 1. The molecule has 1 unspecified atom stereocenters. The Morgan fingerprint density at radius 3 is 3.00 bits per heavy atom. The summed E-state index contributed by atoms with van der Waals surface area (Å²) >= 11 is 5.99. The first-order chi connectivity index (χ1) is 8.67. The predicted molar refractivity (Wildman–Crippen MR) is 65.5 cm³/mol. The third-order valence-corrected chi connectivity index (χ3v) is 2.63. The van der Waals surface area contributed by atoms with E-state index in [2.05, 4.69) is 5.43 Å². The number of hydrogen-bond donors (Lipinski definition) is 1. The van der Waals surface area contributed by atoms with Crippen LogP contribution in [0.5, 0.6) is 5.75 Å². The first kappa shape index (κ1) is 12.9. The Kier molecular flexibility index (Phi) is 3.90. The van der Waals surface area contributed by atoms with Gasteiger partial charge in [0.15, 0.2) is 5.75 Å². The van der Waals surface area contributed by atoms with Crippen molar-refractivity contribution >= 4 is 23.4 Å². The molecule has 0 aromatic heterocycles. The standard InChI is InChI=1S/C11H13ClN2O4/c1-3-17-10-13-14(11(15)18-10)8-6-4-5-7(12)9(8)16-2/h4-6,10,13H,3H2,1-2H3. The van der Waals surface area contributed by atoms with Gasteiger partial charge in [-0.05, 0) is 19.1 Å². The number of hydrazine groups is 1. The summed E-state index contributed by atoms with van der Waals surface area (Å²) in [6.07, 6.45) is -1.37. The van der Waals surface area contributed by atoms with Gasteiger partial charge in [0.05, 0.1) is 12.1 Å². The van der Waals surface area contributed by atoms with E-state index in [4.69, 9.17) is 25.8 Å². The molecule has 1 saturated heterocycles. The number of anilines is 1. The molecule has 0 saturated carbocycles. The van der Waals surface area contributed by atoms with Crippen LogP contribution in [0, 0.1) is 0 Å². The molecule has 2 rings (SSSR count). The number of ether oxygens (including phenoxy) is 3. The molecule has 0 aliphatic carbocycles. The van der Waals surface area contributed by atoms with Gasteiger partial charge >= 0.3 is 6.09 Å². The van der Waals surface area contributed by atoms with Crippen LogP contribution in [-0.4, -0.2) is 26.2 Å². The fourth-order valence-electron chi connectivity index (χ4n) is 1.59. The maximum absolute atomic E-state index is 11.7. The molecule has 1 heterocycles. The van der Waals surface area contributed by atoms with E-state index in [9.17, 15) is 4.79 Å². The highest BCUT2D eigenvalue weighted by Gasteiger charge is 2.34. The van der Waals surface area contributed by atoms with Gasteiger partial charge in [0.25, 0.3) is 6.41 Å². The van der Waals surface area contributed by atoms with Gasteiger partial charge in [0.1, 0.15) is 5.69 Å². The summed E-state index contributed by atoms with van der Waals surface area (Å²) in [6, 6.07) is 5.07. The number of hydrogen-bond acceptors (Lipinski definition) is 5. The van der Waals surface area contributed by atoms with E-state index in [1.165, 1.54) is 12.1 Å². The minimum Gasteiger partial charge on any atom is -0.493 e. The molecule has 1 aromatic rings. The molecule has 1 fully saturated rings. The molecule has 1 amide bonds. The highest BCUT2D eigenvalue weighted by molar-refractivity contribution is 6.32. The zero-order chi connectivity index (χ0) is 13.1. The summed E-state index contributed by atoms with van der Waals surface area (Å²) in [5.74, 6) is 0.390. The highest BCUT2D eigenvalue weighted by Crippen LogP contribution is 2.35. The van der Waals surface area contributed by atoms with Crippen LogP contribution in [0.25, 0.3) is 0 Å². The molecule has 1 aliphatic rings. The number of amides is 1. The third kappa shape index (κ3) is 2.35. The summed E-state index contributed by atoms with van der Waals surface area (Å²) < 4.78 is 15.3.